The Balaban J connectivity index is 1.31. The van der Waals surface area contributed by atoms with Gasteiger partial charge in [0.2, 0.25) is 5.91 Å². The van der Waals surface area contributed by atoms with Gasteiger partial charge in [-0.05, 0) is 37.6 Å². The first-order chi connectivity index (χ1) is 19.1. The van der Waals surface area contributed by atoms with E-state index in [1.165, 1.54) is 0 Å². The Morgan fingerprint density at radius 3 is 2.70 bits per heavy atom. The summed E-state index contributed by atoms with van der Waals surface area (Å²) in [5.74, 6) is 0.517. The molecule has 1 aliphatic heterocycles. The molecule has 3 N–H and O–H groups in total. The second kappa shape index (κ2) is 13.2. The van der Waals surface area contributed by atoms with Crippen LogP contribution in [-0.4, -0.2) is 53.9 Å². The average molecular weight is 593 g/mol. The fourth-order valence-corrected chi connectivity index (χ4v) is 5.44. The number of hydrogen-bond donors (Lipinski definition) is 3. The summed E-state index contributed by atoms with van der Waals surface area (Å²) in [7, 11) is 0. The van der Waals surface area contributed by atoms with Crippen molar-refractivity contribution in [2.75, 3.05) is 35.2 Å². The number of alkyl halides is 2. The lowest BCUT2D eigenvalue weighted by Crippen LogP contribution is -2.26. The highest BCUT2D eigenvalue weighted by Gasteiger charge is 2.27. The first-order valence-electron chi connectivity index (χ1n) is 12.9. The van der Waals surface area contributed by atoms with E-state index < -0.39 is 13.0 Å². The standard InChI is InChI=1S/C27H31ClF2N6O3S/c1-4-22(37)35-27-34-16(3)24(40-27)26(38)33-15(2)17-5-7-18(8-6-17)39-19-10-12-36(14-19)20-9-11-31-25(23(20)28)32-13-21(29)30/h5-9,11,15,19,21H,4,10,12-14H2,1-3H3,(H,31,32)(H,33,38)(H,34,35,37)/t15-,19+/m0/s1. The molecule has 0 saturated carbocycles. The third-order valence-electron chi connectivity index (χ3n) is 6.38. The Kier molecular flexibility index (Phi) is 9.75. The van der Waals surface area contributed by atoms with Gasteiger partial charge in [0.15, 0.2) is 5.13 Å². The molecule has 9 nitrogen and oxygen atoms in total. The van der Waals surface area contributed by atoms with Gasteiger partial charge in [-0.25, -0.2) is 18.7 Å². The second-order valence-electron chi connectivity index (χ2n) is 9.34. The zero-order valence-corrected chi connectivity index (χ0v) is 23.9. The van der Waals surface area contributed by atoms with E-state index in [1.54, 1.807) is 26.1 Å². The Morgan fingerprint density at radius 1 is 1.25 bits per heavy atom. The van der Waals surface area contributed by atoms with Crippen molar-refractivity contribution in [2.45, 2.75) is 52.2 Å². The van der Waals surface area contributed by atoms with Gasteiger partial charge in [0, 0.05) is 25.6 Å². The molecule has 0 bridgehead atoms. The Bertz CT molecular complexity index is 1340. The number of halogens is 3. The van der Waals surface area contributed by atoms with Crippen LogP contribution in [-0.2, 0) is 4.79 Å². The van der Waals surface area contributed by atoms with Crippen molar-refractivity contribution in [1.82, 2.24) is 15.3 Å². The van der Waals surface area contributed by atoms with Gasteiger partial charge < -0.3 is 25.6 Å². The highest BCUT2D eigenvalue weighted by molar-refractivity contribution is 7.17. The number of nitrogens with zero attached hydrogens (tertiary/aromatic N) is 3. The van der Waals surface area contributed by atoms with Crippen molar-refractivity contribution in [1.29, 1.82) is 0 Å². The Labute approximate surface area is 240 Å². The zero-order chi connectivity index (χ0) is 28.8. The minimum Gasteiger partial charge on any atom is -0.489 e. The Morgan fingerprint density at radius 2 is 2.00 bits per heavy atom. The number of benzene rings is 1. The molecular formula is C27H31ClF2N6O3S. The molecule has 4 rings (SSSR count). The third kappa shape index (κ3) is 7.36. The summed E-state index contributed by atoms with van der Waals surface area (Å²) in [5, 5.41) is 8.96. The maximum atomic E-state index is 12.8. The molecule has 0 unspecified atom stereocenters. The molecule has 3 aromatic rings. The summed E-state index contributed by atoms with van der Waals surface area (Å²) >= 11 is 7.58. The van der Waals surface area contributed by atoms with Crippen LogP contribution < -0.4 is 25.6 Å². The van der Waals surface area contributed by atoms with Crippen LogP contribution in [0, 0.1) is 6.92 Å². The van der Waals surface area contributed by atoms with Crippen molar-refractivity contribution >= 4 is 51.4 Å². The predicted octanol–water partition coefficient (Wildman–Crippen LogP) is 5.67. The highest BCUT2D eigenvalue weighted by Crippen LogP contribution is 2.34. The number of amides is 2. The fourth-order valence-electron chi connectivity index (χ4n) is 4.26. The normalized spacial score (nSPS) is 15.7. The number of aromatic nitrogens is 2. The number of aryl methyl sites for hydroxylation is 1. The number of carbonyl (C=O) groups excluding carboxylic acids is 2. The number of pyridine rings is 1. The quantitative estimate of drug-likeness (QED) is 0.263. The van der Waals surface area contributed by atoms with Gasteiger partial charge in [-0.3, -0.25) is 9.59 Å². The van der Waals surface area contributed by atoms with Crippen LogP contribution in [0.3, 0.4) is 0 Å². The monoisotopic (exact) mass is 592 g/mol. The van der Waals surface area contributed by atoms with Crippen LogP contribution in [0.4, 0.5) is 25.4 Å². The summed E-state index contributed by atoms with van der Waals surface area (Å²) in [4.78, 5) is 35.3. The lowest BCUT2D eigenvalue weighted by atomic mass is 10.1. The fraction of sp³-hybridized carbons (Fsp3) is 0.407. The van der Waals surface area contributed by atoms with Crippen LogP contribution in [0.2, 0.25) is 5.02 Å². The lowest BCUT2D eigenvalue weighted by Gasteiger charge is -2.21. The number of hydrogen-bond acceptors (Lipinski definition) is 8. The smallest absolute Gasteiger partial charge is 0.263 e. The largest absolute Gasteiger partial charge is 0.489 e. The summed E-state index contributed by atoms with van der Waals surface area (Å²) < 4.78 is 31.3. The lowest BCUT2D eigenvalue weighted by molar-refractivity contribution is -0.115. The van der Waals surface area contributed by atoms with Gasteiger partial charge in [-0.2, -0.15) is 0 Å². The van der Waals surface area contributed by atoms with E-state index in [1.807, 2.05) is 31.2 Å². The van der Waals surface area contributed by atoms with Crippen LogP contribution in [0.25, 0.3) is 0 Å². The number of anilines is 3. The van der Waals surface area contributed by atoms with Crippen molar-refractivity contribution in [3.63, 3.8) is 0 Å². The molecule has 1 fully saturated rings. The molecule has 1 saturated heterocycles. The van der Waals surface area contributed by atoms with Crippen LogP contribution in [0.15, 0.2) is 36.5 Å². The van der Waals surface area contributed by atoms with Crippen LogP contribution in [0.1, 0.15) is 53.7 Å². The molecule has 40 heavy (non-hydrogen) atoms. The molecule has 0 radical (unpaired) electrons. The SMILES string of the molecule is CCC(=O)Nc1nc(C)c(C(=O)N[C@@H](C)c2ccc(O[C@@H]3CCN(c4ccnc(NCC(F)F)c4Cl)C3)cc2)s1. The maximum absolute atomic E-state index is 12.8. The van der Waals surface area contributed by atoms with Crippen LogP contribution >= 0.6 is 22.9 Å². The van der Waals surface area contributed by atoms with E-state index in [0.717, 1.165) is 29.0 Å². The average Bonchev–Trinajstić information content (AvgIpc) is 3.54. The summed E-state index contributed by atoms with van der Waals surface area (Å²) in [6.07, 6.45) is 0.0527. The number of nitrogens with one attached hydrogen (secondary N) is 3. The molecule has 3 heterocycles. The zero-order valence-electron chi connectivity index (χ0n) is 22.3. The topological polar surface area (TPSA) is 108 Å². The second-order valence-corrected chi connectivity index (χ2v) is 10.7. The van der Waals surface area contributed by atoms with Crippen LogP contribution in [0.5, 0.6) is 5.75 Å². The third-order valence-corrected chi connectivity index (χ3v) is 7.82. The van der Waals surface area contributed by atoms with Gasteiger partial charge >= 0.3 is 0 Å². The molecule has 2 amide bonds. The Hall–Kier alpha value is -3.51. The van der Waals surface area contributed by atoms with Crippen molar-refractivity contribution < 1.29 is 23.1 Å². The number of thiazole rings is 1. The first-order valence-corrected chi connectivity index (χ1v) is 14.1. The highest BCUT2D eigenvalue weighted by atomic mass is 35.5. The van der Waals surface area contributed by atoms with E-state index in [2.05, 4.69) is 30.8 Å². The predicted molar refractivity (Wildman–Crippen MR) is 153 cm³/mol. The summed E-state index contributed by atoms with van der Waals surface area (Å²) in [5.41, 5.74) is 2.18. The molecule has 1 aromatic carbocycles. The van der Waals surface area contributed by atoms with Crippen molar-refractivity contribution in [2.24, 2.45) is 0 Å². The van der Waals surface area contributed by atoms with E-state index in [-0.39, 0.29) is 29.8 Å². The number of ether oxygens (including phenoxy) is 1. The molecule has 214 valence electrons. The molecule has 1 aliphatic rings. The van der Waals surface area contributed by atoms with E-state index in [0.29, 0.717) is 46.0 Å². The van der Waals surface area contributed by atoms with Crippen molar-refractivity contribution in [3.8, 4) is 5.75 Å². The van der Waals surface area contributed by atoms with E-state index in [9.17, 15) is 18.4 Å². The first kappa shape index (κ1) is 29.5. The molecule has 0 spiro atoms. The van der Waals surface area contributed by atoms with Gasteiger partial charge in [0.05, 0.1) is 30.5 Å². The molecule has 13 heteroatoms. The maximum Gasteiger partial charge on any atom is 0.263 e. The molecule has 0 aliphatic carbocycles. The number of carbonyl (C=O) groups is 2. The molecule has 2 aromatic heterocycles. The van der Waals surface area contributed by atoms with Gasteiger partial charge in [-0.1, -0.05) is 42.0 Å². The van der Waals surface area contributed by atoms with Gasteiger partial charge in [0.1, 0.15) is 27.6 Å². The van der Waals surface area contributed by atoms with Gasteiger partial charge in [0.25, 0.3) is 12.3 Å². The van der Waals surface area contributed by atoms with Gasteiger partial charge in [-0.15, -0.1) is 0 Å². The number of rotatable bonds is 11. The summed E-state index contributed by atoms with van der Waals surface area (Å²) in [6, 6.07) is 9.03. The minimum absolute atomic E-state index is 0.0821. The summed E-state index contributed by atoms with van der Waals surface area (Å²) in [6.45, 7) is 6.14. The molecular weight excluding hydrogens is 562 g/mol. The van der Waals surface area contributed by atoms with Crippen molar-refractivity contribution in [3.05, 3.63) is 57.7 Å². The molecule has 2 atom stereocenters. The minimum atomic E-state index is -2.51. The van der Waals surface area contributed by atoms with E-state index in [4.69, 9.17) is 16.3 Å². The van der Waals surface area contributed by atoms with E-state index >= 15 is 0 Å².